The number of halogens is 3. The Morgan fingerprint density at radius 2 is 1.76 bits per heavy atom. The average molecular weight is 464 g/mol. The van der Waals surface area contributed by atoms with Crippen molar-refractivity contribution in [2.75, 3.05) is 13.1 Å². The molecule has 2 aromatic carbocycles. The summed E-state index contributed by atoms with van der Waals surface area (Å²) in [5.74, 6) is -2.47. The molecule has 5 rings (SSSR count). The van der Waals surface area contributed by atoms with Crippen molar-refractivity contribution in [3.63, 3.8) is 0 Å². The molecule has 34 heavy (non-hydrogen) atoms. The minimum atomic E-state index is -2.70. The molecule has 2 aromatic heterocycles. The number of carbonyl (C=O) groups is 1. The van der Waals surface area contributed by atoms with E-state index < -0.39 is 5.92 Å². The highest BCUT2D eigenvalue weighted by atomic mass is 19.3. The van der Waals surface area contributed by atoms with Crippen LogP contribution in [0.25, 0.3) is 33.4 Å². The van der Waals surface area contributed by atoms with E-state index in [4.69, 9.17) is 4.42 Å². The van der Waals surface area contributed by atoms with Gasteiger partial charge in [-0.15, -0.1) is 0 Å². The third-order valence-corrected chi connectivity index (χ3v) is 6.26. The fourth-order valence-electron chi connectivity index (χ4n) is 4.28. The van der Waals surface area contributed by atoms with Crippen molar-refractivity contribution in [2.45, 2.75) is 32.1 Å². The van der Waals surface area contributed by atoms with E-state index in [-0.39, 0.29) is 37.7 Å². The van der Waals surface area contributed by atoms with E-state index in [1.165, 1.54) is 23.2 Å². The van der Waals surface area contributed by atoms with Crippen LogP contribution >= 0.6 is 0 Å². The Labute approximate surface area is 195 Å². The summed E-state index contributed by atoms with van der Waals surface area (Å²) >= 11 is 0. The highest BCUT2D eigenvalue weighted by Gasteiger charge is 2.35. The van der Waals surface area contributed by atoms with E-state index in [9.17, 15) is 18.0 Å². The molecule has 4 nitrogen and oxygen atoms in total. The van der Waals surface area contributed by atoms with Gasteiger partial charge in [-0.1, -0.05) is 19.1 Å². The molecule has 0 saturated carbocycles. The number of alkyl halides is 2. The van der Waals surface area contributed by atoms with Crippen LogP contribution in [0.15, 0.2) is 65.2 Å². The van der Waals surface area contributed by atoms with Crippen molar-refractivity contribution in [3.8, 4) is 22.4 Å². The zero-order valence-corrected chi connectivity index (χ0v) is 18.7. The van der Waals surface area contributed by atoms with Gasteiger partial charge in [-0.3, -0.25) is 9.78 Å². The second kappa shape index (κ2) is 8.63. The summed E-state index contributed by atoms with van der Waals surface area (Å²) < 4.78 is 46.4. The molecule has 0 spiro atoms. The number of pyridine rings is 1. The van der Waals surface area contributed by atoms with Gasteiger partial charge in [0.2, 0.25) is 0 Å². The Bertz CT molecular complexity index is 1340. The van der Waals surface area contributed by atoms with Gasteiger partial charge in [0.15, 0.2) is 0 Å². The van der Waals surface area contributed by atoms with Crippen molar-refractivity contribution in [1.82, 2.24) is 9.88 Å². The van der Waals surface area contributed by atoms with Crippen LogP contribution in [-0.2, 0) is 6.42 Å². The van der Waals surface area contributed by atoms with Crippen LogP contribution in [0.5, 0.6) is 0 Å². The van der Waals surface area contributed by atoms with Crippen LogP contribution in [0.3, 0.4) is 0 Å². The predicted molar refractivity (Wildman–Crippen MR) is 124 cm³/mol. The lowest BCUT2D eigenvalue weighted by Crippen LogP contribution is -2.42. The highest BCUT2D eigenvalue weighted by Crippen LogP contribution is 2.36. The Hall–Kier alpha value is -3.61. The first kappa shape index (κ1) is 22.2. The molecule has 0 N–H and O–H groups in total. The molecule has 0 bridgehead atoms. The number of hydrogen-bond acceptors (Lipinski definition) is 3. The highest BCUT2D eigenvalue weighted by molar-refractivity contribution is 5.97. The van der Waals surface area contributed by atoms with Crippen LogP contribution in [0.1, 0.15) is 35.9 Å². The standard InChI is InChI=1S/C27H23F3N2O2/c1-2-22-14-20-13-19(15-23(25(20)34-22)17-3-6-21(28)7-4-17)24-8-5-18(16-31-24)26(33)32-11-9-27(29,30)10-12-32/h3-8,13-16H,2,9-12H2,1H3. The van der Waals surface area contributed by atoms with Crippen molar-refractivity contribution >= 4 is 16.9 Å². The molecule has 1 saturated heterocycles. The summed E-state index contributed by atoms with van der Waals surface area (Å²) in [4.78, 5) is 18.7. The normalized spacial score (nSPS) is 15.6. The van der Waals surface area contributed by atoms with Gasteiger partial charge in [0.1, 0.15) is 17.2 Å². The molecule has 0 atom stereocenters. The van der Waals surface area contributed by atoms with Crippen molar-refractivity contribution in [2.24, 2.45) is 0 Å². The number of aromatic nitrogens is 1. The minimum Gasteiger partial charge on any atom is -0.460 e. The number of fused-ring (bicyclic) bond motifs is 1. The van der Waals surface area contributed by atoms with Crippen molar-refractivity contribution in [3.05, 3.63) is 77.9 Å². The van der Waals surface area contributed by atoms with Gasteiger partial charge in [0.05, 0.1) is 11.3 Å². The molecule has 7 heteroatoms. The van der Waals surface area contributed by atoms with Crippen LogP contribution in [0.2, 0.25) is 0 Å². The average Bonchev–Trinajstić information content (AvgIpc) is 3.27. The van der Waals surface area contributed by atoms with Gasteiger partial charge < -0.3 is 9.32 Å². The number of rotatable bonds is 4. The molecule has 1 amide bonds. The van der Waals surface area contributed by atoms with E-state index in [1.54, 1.807) is 24.3 Å². The number of piperidine rings is 1. The third kappa shape index (κ3) is 4.30. The Morgan fingerprint density at radius 1 is 1.03 bits per heavy atom. The summed E-state index contributed by atoms with van der Waals surface area (Å²) in [5, 5.41) is 0.907. The maximum absolute atomic E-state index is 13.5. The van der Waals surface area contributed by atoms with Crippen LogP contribution in [0.4, 0.5) is 13.2 Å². The molecule has 0 unspecified atom stereocenters. The van der Waals surface area contributed by atoms with E-state index in [0.717, 1.165) is 39.8 Å². The topological polar surface area (TPSA) is 46.3 Å². The lowest BCUT2D eigenvalue weighted by atomic mass is 9.98. The van der Waals surface area contributed by atoms with E-state index >= 15 is 0 Å². The number of carbonyl (C=O) groups excluding carboxylic acids is 1. The Kier molecular flexibility index (Phi) is 5.63. The number of aryl methyl sites for hydroxylation is 1. The Morgan fingerprint density at radius 3 is 2.41 bits per heavy atom. The van der Waals surface area contributed by atoms with Gasteiger partial charge in [-0.2, -0.15) is 0 Å². The predicted octanol–water partition coefficient (Wildman–Crippen LogP) is 6.73. The maximum atomic E-state index is 13.5. The van der Waals surface area contributed by atoms with E-state index in [2.05, 4.69) is 4.98 Å². The Balaban J connectivity index is 1.48. The second-order valence-corrected chi connectivity index (χ2v) is 8.60. The van der Waals surface area contributed by atoms with Crippen LogP contribution < -0.4 is 0 Å². The molecule has 1 aliphatic heterocycles. The molecule has 0 radical (unpaired) electrons. The van der Waals surface area contributed by atoms with Gasteiger partial charge in [-0.25, -0.2) is 13.2 Å². The quantitative estimate of drug-likeness (QED) is 0.336. The number of amides is 1. The smallest absolute Gasteiger partial charge is 0.255 e. The molecular weight excluding hydrogens is 441 g/mol. The number of nitrogens with zero attached hydrogens (tertiary/aromatic N) is 2. The number of hydrogen-bond donors (Lipinski definition) is 0. The van der Waals surface area contributed by atoms with Crippen molar-refractivity contribution in [1.29, 1.82) is 0 Å². The molecule has 3 heterocycles. The molecule has 4 aromatic rings. The number of furan rings is 1. The molecule has 1 aliphatic rings. The van der Waals surface area contributed by atoms with Crippen LogP contribution in [0, 0.1) is 5.82 Å². The minimum absolute atomic E-state index is 0.0333. The molecular formula is C27H23F3N2O2. The largest absolute Gasteiger partial charge is 0.460 e. The summed E-state index contributed by atoms with van der Waals surface area (Å²) in [6, 6.07) is 15.6. The van der Waals surface area contributed by atoms with Gasteiger partial charge in [0, 0.05) is 55.1 Å². The first-order valence-electron chi connectivity index (χ1n) is 11.3. The zero-order valence-electron chi connectivity index (χ0n) is 18.7. The maximum Gasteiger partial charge on any atom is 0.255 e. The third-order valence-electron chi connectivity index (χ3n) is 6.26. The summed E-state index contributed by atoms with van der Waals surface area (Å²) in [6.45, 7) is 2.08. The monoisotopic (exact) mass is 464 g/mol. The van der Waals surface area contributed by atoms with Gasteiger partial charge in [0.25, 0.3) is 11.8 Å². The fourth-order valence-corrected chi connectivity index (χ4v) is 4.28. The van der Waals surface area contributed by atoms with E-state index in [1.807, 2.05) is 25.1 Å². The summed E-state index contributed by atoms with van der Waals surface area (Å²) in [7, 11) is 0. The van der Waals surface area contributed by atoms with Gasteiger partial charge >= 0.3 is 0 Å². The second-order valence-electron chi connectivity index (χ2n) is 8.60. The molecule has 174 valence electrons. The first-order valence-corrected chi connectivity index (χ1v) is 11.3. The number of likely N-dealkylation sites (tertiary alicyclic amines) is 1. The summed E-state index contributed by atoms with van der Waals surface area (Å²) in [6.07, 6.45) is 1.59. The lowest BCUT2D eigenvalue weighted by Gasteiger charge is -2.31. The molecule has 0 aliphatic carbocycles. The molecule has 1 fully saturated rings. The van der Waals surface area contributed by atoms with E-state index in [0.29, 0.717) is 11.3 Å². The van der Waals surface area contributed by atoms with Crippen molar-refractivity contribution < 1.29 is 22.4 Å². The van der Waals surface area contributed by atoms with Crippen LogP contribution in [-0.4, -0.2) is 34.8 Å². The SMILES string of the molecule is CCc1cc2cc(-c3ccc(C(=O)N4CCC(F)(F)CC4)cn3)cc(-c3ccc(F)cc3)c2o1. The zero-order chi connectivity index (χ0) is 23.9. The summed E-state index contributed by atoms with van der Waals surface area (Å²) in [5.41, 5.74) is 4.21. The van der Waals surface area contributed by atoms with Gasteiger partial charge in [-0.05, 0) is 48.0 Å². The number of benzene rings is 2. The first-order chi connectivity index (χ1) is 16.3. The lowest BCUT2D eigenvalue weighted by molar-refractivity contribution is -0.0494. The fraction of sp³-hybridized carbons (Fsp3) is 0.259.